The highest BCUT2D eigenvalue weighted by atomic mass is 35.6. The standard InChI is InChI=1S/C16H11Cl6NO4S/c17-9-1-4-11(5-2-9)28(25,26)15(16(20,21)22)23-14(24)8-27-13-6-3-10(18)7-12(13)19/h1-7,15H,8H2,(H,23,24). The van der Waals surface area contributed by atoms with Crippen molar-refractivity contribution in [3.8, 4) is 5.75 Å². The number of rotatable bonds is 6. The van der Waals surface area contributed by atoms with E-state index < -0.39 is 31.5 Å². The molecule has 0 saturated heterocycles. The molecule has 1 amide bonds. The summed E-state index contributed by atoms with van der Waals surface area (Å²) in [5.74, 6) is -0.674. The van der Waals surface area contributed by atoms with Gasteiger partial charge in [-0.05, 0) is 42.5 Å². The number of carbonyl (C=O) groups excluding carboxylic acids is 1. The van der Waals surface area contributed by atoms with Crippen molar-refractivity contribution >= 4 is 85.4 Å². The average molecular weight is 526 g/mol. The third-order valence-corrected chi connectivity index (χ3v) is 7.14. The Kier molecular flexibility index (Phi) is 8.01. The van der Waals surface area contributed by atoms with E-state index in [1.165, 1.54) is 42.5 Å². The predicted molar refractivity (Wildman–Crippen MR) is 113 cm³/mol. The minimum Gasteiger partial charge on any atom is -0.482 e. The number of nitrogens with one attached hydrogen (secondary N) is 1. The first-order valence-corrected chi connectivity index (χ1v) is 11.2. The van der Waals surface area contributed by atoms with Gasteiger partial charge in [0.05, 0.1) is 9.92 Å². The van der Waals surface area contributed by atoms with Crippen molar-refractivity contribution in [2.45, 2.75) is 14.1 Å². The Bertz CT molecular complexity index is 960. The lowest BCUT2D eigenvalue weighted by Crippen LogP contribution is -2.50. The van der Waals surface area contributed by atoms with Crippen LogP contribution in [0.5, 0.6) is 5.75 Å². The van der Waals surface area contributed by atoms with Gasteiger partial charge in [0.25, 0.3) is 5.91 Å². The van der Waals surface area contributed by atoms with Crippen molar-refractivity contribution in [1.82, 2.24) is 5.32 Å². The van der Waals surface area contributed by atoms with Crippen LogP contribution in [-0.4, -0.2) is 30.1 Å². The average Bonchev–Trinajstić information content (AvgIpc) is 2.58. The first-order chi connectivity index (χ1) is 12.9. The highest BCUT2D eigenvalue weighted by molar-refractivity contribution is 7.92. The van der Waals surface area contributed by atoms with Crippen molar-refractivity contribution in [3.63, 3.8) is 0 Å². The normalized spacial score (nSPS) is 13.1. The largest absolute Gasteiger partial charge is 0.482 e. The maximum absolute atomic E-state index is 12.8. The molecule has 28 heavy (non-hydrogen) atoms. The van der Waals surface area contributed by atoms with E-state index in [-0.39, 0.29) is 15.7 Å². The summed E-state index contributed by atoms with van der Waals surface area (Å²) in [6.07, 6.45) is 0. The van der Waals surface area contributed by atoms with Crippen LogP contribution in [0.4, 0.5) is 0 Å². The maximum Gasteiger partial charge on any atom is 0.259 e. The fraction of sp³-hybridized carbons (Fsp3) is 0.188. The van der Waals surface area contributed by atoms with Crippen LogP contribution in [0.15, 0.2) is 47.4 Å². The van der Waals surface area contributed by atoms with Crippen LogP contribution in [-0.2, 0) is 14.6 Å². The first-order valence-electron chi connectivity index (χ1n) is 7.34. The number of alkyl halides is 3. The molecular formula is C16H11Cl6NO4S. The van der Waals surface area contributed by atoms with E-state index in [9.17, 15) is 13.2 Å². The maximum atomic E-state index is 12.8. The highest BCUT2D eigenvalue weighted by Gasteiger charge is 2.44. The molecule has 2 aromatic carbocycles. The molecule has 0 aliphatic carbocycles. The van der Waals surface area contributed by atoms with Crippen LogP contribution in [0.25, 0.3) is 0 Å². The number of hydrogen-bond donors (Lipinski definition) is 1. The Morgan fingerprint density at radius 3 is 2.11 bits per heavy atom. The molecule has 2 rings (SSSR count). The van der Waals surface area contributed by atoms with Crippen LogP contribution < -0.4 is 10.1 Å². The SMILES string of the molecule is O=C(COc1ccc(Cl)cc1Cl)NC(C(Cl)(Cl)Cl)S(=O)(=O)c1ccc(Cl)cc1. The second-order valence-corrected chi connectivity index (χ2v) is 11.0. The molecule has 0 fully saturated rings. The third-order valence-electron chi connectivity index (χ3n) is 3.29. The smallest absolute Gasteiger partial charge is 0.259 e. The van der Waals surface area contributed by atoms with Crippen LogP contribution in [0, 0.1) is 0 Å². The number of ether oxygens (including phenoxy) is 1. The molecule has 1 unspecified atom stereocenters. The zero-order valence-corrected chi connectivity index (χ0v) is 19.0. The Labute approximate surface area is 191 Å². The summed E-state index contributed by atoms with van der Waals surface area (Å²) < 4.78 is 28.5. The number of sulfone groups is 1. The molecule has 0 radical (unpaired) electrons. The van der Waals surface area contributed by atoms with Crippen molar-refractivity contribution < 1.29 is 17.9 Å². The number of halogens is 6. The molecular weight excluding hydrogens is 515 g/mol. The van der Waals surface area contributed by atoms with Crippen molar-refractivity contribution in [2.24, 2.45) is 0 Å². The van der Waals surface area contributed by atoms with Gasteiger partial charge in [-0.15, -0.1) is 0 Å². The van der Waals surface area contributed by atoms with E-state index in [0.29, 0.717) is 10.0 Å². The van der Waals surface area contributed by atoms with Crippen molar-refractivity contribution in [2.75, 3.05) is 6.61 Å². The first kappa shape index (κ1) is 23.7. The van der Waals surface area contributed by atoms with Gasteiger partial charge in [-0.3, -0.25) is 4.79 Å². The van der Waals surface area contributed by atoms with E-state index in [1.54, 1.807) is 0 Å². The molecule has 1 N–H and O–H groups in total. The summed E-state index contributed by atoms with van der Waals surface area (Å²) in [6, 6.07) is 9.57. The zero-order valence-electron chi connectivity index (χ0n) is 13.6. The molecule has 1 atom stereocenters. The molecule has 0 spiro atoms. The van der Waals surface area contributed by atoms with Gasteiger partial charge in [-0.2, -0.15) is 0 Å². The van der Waals surface area contributed by atoms with E-state index in [4.69, 9.17) is 74.3 Å². The van der Waals surface area contributed by atoms with E-state index >= 15 is 0 Å². The van der Waals surface area contributed by atoms with Gasteiger partial charge in [-0.1, -0.05) is 69.6 Å². The topological polar surface area (TPSA) is 72.5 Å². The molecule has 0 bridgehead atoms. The predicted octanol–water partition coefficient (Wildman–Crippen LogP) is 5.31. The quantitative estimate of drug-likeness (QED) is 0.519. The summed E-state index contributed by atoms with van der Waals surface area (Å²) in [4.78, 5) is 12.0. The lowest BCUT2D eigenvalue weighted by molar-refractivity contribution is -0.123. The van der Waals surface area contributed by atoms with Gasteiger partial charge in [0, 0.05) is 10.0 Å². The summed E-state index contributed by atoms with van der Waals surface area (Å²) in [7, 11) is -4.25. The summed E-state index contributed by atoms with van der Waals surface area (Å²) in [5.41, 5.74) is 0. The van der Waals surface area contributed by atoms with Crippen molar-refractivity contribution in [3.05, 3.63) is 57.5 Å². The summed E-state index contributed by atoms with van der Waals surface area (Å²) in [5, 5.41) is 1.17. The van der Waals surface area contributed by atoms with E-state index in [2.05, 4.69) is 5.32 Å². The van der Waals surface area contributed by atoms with E-state index in [1.807, 2.05) is 0 Å². The molecule has 0 aliphatic rings. The van der Waals surface area contributed by atoms with Gasteiger partial charge < -0.3 is 10.1 Å². The van der Waals surface area contributed by atoms with Crippen LogP contribution in [0.1, 0.15) is 0 Å². The van der Waals surface area contributed by atoms with Crippen LogP contribution in [0.3, 0.4) is 0 Å². The number of carbonyl (C=O) groups is 1. The molecule has 0 heterocycles. The Morgan fingerprint density at radius 2 is 1.57 bits per heavy atom. The van der Waals surface area contributed by atoms with Gasteiger partial charge in [0.2, 0.25) is 13.6 Å². The Hall–Kier alpha value is -0.600. The van der Waals surface area contributed by atoms with Crippen LogP contribution in [0.2, 0.25) is 15.1 Å². The summed E-state index contributed by atoms with van der Waals surface area (Å²) in [6.45, 7) is -0.575. The Morgan fingerprint density at radius 1 is 1.00 bits per heavy atom. The minimum atomic E-state index is -4.25. The fourth-order valence-corrected chi connectivity index (χ4v) is 5.25. The van der Waals surface area contributed by atoms with Gasteiger partial charge in [0.15, 0.2) is 12.0 Å². The molecule has 0 saturated carbocycles. The highest BCUT2D eigenvalue weighted by Crippen LogP contribution is 2.36. The molecule has 12 heteroatoms. The third kappa shape index (κ3) is 6.20. The molecule has 2 aromatic rings. The van der Waals surface area contributed by atoms with Gasteiger partial charge in [0.1, 0.15) is 5.75 Å². The lowest BCUT2D eigenvalue weighted by Gasteiger charge is -2.25. The monoisotopic (exact) mass is 523 g/mol. The fourth-order valence-electron chi connectivity index (χ4n) is 2.02. The number of amides is 1. The molecule has 0 aliphatic heterocycles. The van der Waals surface area contributed by atoms with E-state index in [0.717, 1.165) is 0 Å². The van der Waals surface area contributed by atoms with Crippen LogP contribution >= 0.6 is 69.6 Å². The molecule has 0 aromatic heterocycles. The minimum absolute atomic E-state index is 0.173. The zero-order chi connectivity index (χ0) is 21.1. The second kappa shape index (κ2) is 9.47. The van der Waals surface area contributed by atoms with Gasteiger partial charge in [-0.25, -0.2) is 8.42 Å². The number of benzene rings is 2. The van der Waals surface area contributed by atoms with Crippen molar-refractivity contribution in [1.29, 1.82) is 0 Å². The Balaban J connectivity index is 2.17. The number of hydrogen-bond acceptors (Lipinski definition) is 4. The summed E-state index contributed by atoms with van der Waals surface area (Å²) >= 11 is 34.9. The second-order valence-electron chi connectivity index (χ2n) is 5.35. The lowest BCUT2D eigenvalue weighted by atomic mass is 10.3. The molecule has 5 nitrogen and oxygen atoms in total. The molecule has 152 valence electrons. The van der Waals surface area contributed by atoms with Gasteiger partial charge >= 0.3 is 0 Å².